The van der Waals surface area contributed by atoms with Crippen LogP contribution in [0, 0.1) is 5.21 Å². The van der Waals surface area contributed by atoms with E-state index in [4.69, 9.17) is 46.4 Å². The summed E-state index contributed by atoms with van der Waals surface area (Å²) in [5.41, 5.74) is 0.929. The first-order chi connectivity index (χ1) is 9.00. The lowest BCUT2D eigenvalue weighted by Gasteiger charge is -2.09. The second-order valence-corrected chi connectivity index (χ2v) is 5.49. The summed E-state index contributed by atoms with van der Waals surface area (Å²) in [5, 5.41) is 13.6. The van der Waals surface area contributed by atoms with Gasteiger partial charge in [-0.15, -0.1) is 0 Å². The molecule has 3 aromatic rings. The molecule has 2 aromatic carbocycles. The van der Waals surface area contributed by atoms with Crippen LogP contribution in [0.1, 0.15) is 0 Å². The molecule has 0 aliphatic carbocycles. The summed E-state index contributed by atoms with van der Waals surface area (Å²) in [6.07, 6.45) is 0. The SMILES string of the molecule is [O-][n+]1c2c(Cl)ccc(Cl)c2nc2c(Cl)ccc(Cl)c21. The molecule has 0 saturated heterocycles. The van der Waals surface area contributed by atoms with Gasteiger partial charge in [-0.2, -0.15) is 4.73 Å². The third-order valence-electron chi connectivity index (χ3n) is 2.74. The maximum Gasteiger partial charge on any atom is 0.263 e. The highest BCUT2D eigenvalue weighted by Gasteiger charge is 2.21. The predicted octanol–water partition coefficient (Wildman–Crippen LogP) is 4.64. The largest absolute Gasteiger partial charge is 0.618 e. The lowest BCUT2D eigenvalue weighted by Crippen LogP contribution is -2.29. The van der Waals surface area contributed by atoms with Crippen molar-refractivity contribution in [3.8, 4) is 0 Å². The Hall–Kier alpha value is -1.00. The average molecular weight is 334 g/mol. The molecule has 19 heavy (non-hydrogen) atoms. The van der Waals surface area contributed by atoms with Crippen molar-refractivity contribution in [2.24, 2.45) is 0 Å². The number of hydrogen-bond acceptors (Lipinski definition) is 2. The second-order valence-electron chi connectivity index (χ2n) is 3.86. The van der Waals surface area contributed by atoms with Crippen molar-refractivity contribution in [2.45, 2.75) is 0 Å². The summed E-state index contributed by atoms with van der Waals surface area (Å²) >= 11 is 24.2. The molecular weight excluding hydrogens is 330 g/mol. The number of hydrogen-bond donors (Lipinski definition) is 0. The number of rotatable bonds is 0. The predicted molar refractivity (Wildman–Crippen MR) is 78.2 cm³/mol. The van der Waals surface area contributed by atoms with Gasteiger partial charge in [0.15, 0.2) is 11.0 Å². The van der Waals surface area contributed by atoms with Gasteiger partial charge in [-0.1, -0.05) is 46.4 Å². The molecule has 0 radical (unpaired) electrons. The van der Waals surface area contributed by atoms with Gasteiger partial charge in [0.05, 0.1) is 10.0 Å². The van der Waals surface area contributed by atoms with Crippen LogP contribution < -0.4 is 4.73 Å². The van der Waals surface area contributed by atoms with E-state index in [1.807, 2.05) is 0 Å². The molecule has 3 nitrogen and oxygen atoms in total. The van der Waals surface area contributed by atoms with Gasteiger partial charge in [0, 0.05) is 0 Å². The summed E-state index contributed by atoms with van der Waals surface area (Å²) in [6, 6.07) is 6.21. The van der Waals surface area contributed by atoms with Crippen LogP contribution in [-0.4, -0.2) is 4.98 Å². The minimum atomic E-state index is 0.172. The van der Waals surface area contributed by atoms with E-state index in [0.717, 1.165) is 0 Å². The van der Waals surface area contributed by atoms with E-state index in [1.54, 1.807) is 12.1 Å². The van der Waals surface area contributed by atoms with Gasteiger partial charge in [-0.25, -0.2) is 4.98 Å². The second kappa shape index (κ2) is 4.53. The van der Waals surface area contributed by atoms with Gasteiger partial charge >= 0.3 is 0 Å². The third kappa shape index (κ3) is 1.89. The monoisotopic (exact) mass is 332 g/mol. The first-order valence-electron chi connectivity index (χ1n) is 5.15. The van der Waals surface area contributed by atoms with E-state index in [0.29, 0.717) is 25.8 Å². The topological polar surface area (TPSA) is 39.8 Å². The lowest BCUT2D eigenvalue weighted by atomic mass is 10.2. The molecule has 3 rings (SSSR count). The molecule has 0 aliphatic heterocycles. The summed E-state index contributed by atoms with van der Waals surface area (Å²) in [5.74, 6) is 0. The molecule has 0 amide bonds. The maximum atomic E-state index is 12.4. The summed E-state index contributed by atoms with van der Waals surface area (Å²) in [7, 11) is 0. The molecule has 7 heteroatoms. The lowest BCUT2D eigenvalue weighted by molar-refractivity contribution is -0.548. The van der Waals surface area contributed by atoms with Crippen LogP contribution in [0.3, 0.4) is 0 Å². The van der Waals surface area contributed by atoms with E-state index < -0.39 is 0 Å². The molecule has 0 N–H and O–H groups in total. The smallest absolute Gasteiger partial charge is 0.263 e. The van der Waals surface area contributed by atoms with Crippen molar-refractivity contribution in [3.05, 3.63) is 49.6 Å². The van der Waals surface area contributed by atoms with E-state index >= 15 is 0 Å². The van der Waals surface area contributed by atoms with E-state index in [9.17, 15) is 5.21 Å². The standard InChI is InChI=1S/C12H4Cl4N2O/c13-5-1-3-7(15)11-9(5)17-10-6(14)2-4-8(16)12(10)18(11)19/h1-4H. The fourth-order valence-corrected chi connectivity index (χ4v) is 2.73. The van der Waals surface area contributed by atoms with E-state index in [-0.39, 0.29) is 21.1 Å². The van der Waals surface area contributed by atoms with Crippen LogP contribution in [-0.2, 0) is 0 Å². The summed E-state index contributed by atoms with van der Waals surface area (Å²) < 4.78 is 0.611. The summed E-state index contributed by atoms with van der Waals surface area (Å²) in [4.78, 5) is 4.31. The Kier molecular flexibility index (Phi) is 3.10. The third-order valence-corrected chi connectivity index (χ3v) is 3.96. The van der Waals surface area contributed by atoms with Crippen LogP contribution in [0.2, 0.25) is 20.1 Å². The minimum Gasteiger partial charge on any atom is -0.618 e. The number of benzene rings is 2. The average Bonchev–Trinajstić information content (AvgIpc) is 2.38. The van der Waals surface area contributed by atoms with Crippen molar-refractivity contribution >= 4 is 68.5 Å². The highest BCUT2D eigenvalue weighted by molar-refractivity contribution is 6.41. The quantitative estimate of drug-likeness (QED) is 0.341. The Labute approximate surface area is 127 Å². The number of fused-ring (bicyclic) bond motifs is 2. The molecule has 0 bridgehead atoms. The Balaban J connectivity index is 2.68. The zero-order valence-electron chi connectivity index (χ0n) is 9.12. The van der Waals surface area contributed by atoms with Crippen LogP contribution in [0.4, 0.5) is 0 Å². The molecule has 0 atom stereocenters. The summed E-state index contributed by atoms with van der Waals surface area (Å²) in [6.45, 7) is 0. The zero-order valence-corrected chi connectivity index (χ0v) is 12.1. The van der Waals surface area contributed by atoms with E-state index in [1.165, 1.54) is 12.1 Å². The molecule has 0 aliphatic rings. The highest BCUT2D eigenvalue weighted by atomic mass is 35.5. The fraction of sp³-hybridized carbons (Fsp3) is 0. The van der Waals surface area contributed by atoms with Crippen molar-refractivity contribution in [2.75, 3.05) is 0 Å². The minimum absolute atomic E-state index is 0.172. The van der Waals surface area contributed by atoms with Crippen LogP contribution in [0.5, 0.6) is 0 Å². The van der Waals surface area contributed by atoms with Gasteiger partial charge in [0.2, 0.25) is 0 Å². The zero-order chi connectivity index (χ0) is 13.7. The first-order valence-corrected chi connectivity index (χ1v) is 6.67. The van der Waals surface area contributed by atoms with Gasteiger partial charge in [0.1, 0.15) is 10.0 Å². The Bertz CT molecular complexity index is 769. The molecule has 0 fully saturated rings. The molecule has 96 valence electrons. The highest BCUT2D eigenvalue weighted by Crippen LogP contribution is 2.32. The van der Waals surface area contributed by atoms with Crippen molar-refractivity contribution in [3.63, 3.8) is 0 Å². The van der Waals surface area contributed by atoms with Crippen molar-refractivity contribution in [1.82, 2.24) is 4.98 Å². The first kappa shape index (κ1) is 13.0. The Morgan fingerprint density at radius 2 is 1.11 bits per heavy atom. The molecule has 0 unspecified atom stereocenters. The molecule has 0 saturated carbocycles. The number of aromatic nitrogens is 2. The number of nitrogens with zero attached hydrogens (tertiary/aromatic N) is 2. The van der Waals surface area contributed by atoms with Crippen LogP contribution >= 0.6 is 46.4 Å². The van der Waals surface area contributed by atoms with Crippen LogP contribution in [0.25, 0.3) is 22.1 Å². The van der Waals surface area contributed by atoms with Gasteiger partial charge in [0.25, 0.3) is 11.0 Å². The van der Waals surface area contributed by atoms with E-state index in [2.05, 4.69) is 4.98 Å². The van der Waals surface area contributed by atoms with Gasteiger partial charge in [-0.05, 0) is 24.3 Å². The molecule has 1 aromatic heterocycles. The van der Waals surface area contributed by atoms with Gasteiger partial charge < -0.3 is 5.21 Å². The van der Waals surface area contributed by atoms with Gasteiger partial charge in [-0.3, -0.25) is 0 Å². The van der Waals surface area contributed by atoms with Crippen LogP contribution in [0.15, 0.2) is 24.3 Å². The molecule has 0 spiro atoms. The maximum absolute atomic E-state index is 12.4. The van der Waals surface area contributed by atoms with Crippen molar-refractivity contribution in [1.29, 1.82) is 0 Å². The normalized spacial score (nSPS) is 11.4. The molecular formula is C12H4Cl4N2O. The number of halogens is 4. The van der Waals surface area contributed by atoms with Crippen molar-refractivity contribution < 1.29 is 4.73 Å². The Morgan fingerprint density at radius 3 is 1.53 bits per heavy atom. The Morgan fingerprint density at radius 1 is 0.737 bits per heavy atom. The molecule has 1 heterocycles. The fourth-order valence-electron chi connectivity index (χ4n) is 1.88.